The van der Waals surface area contributed by atoms with Crippen LogP contribution in [0, 0.1) is 0 Å². The normalized spacial score (nSPS) is 14.9. The summed E-state index contributed by atoms with van der Waals surface area (Å²) in [4.78, 5) is 5.05. The fraction of sp³-hybridized carbons (Fsp3) is 0.153. The molecule has 0 saturated carbocycles. The van der Waals surface area contributed by atoms with Crippen LogP contribution in [-0.2, 0) is 27.1 Å². The smallest absolute Gasteiger partial charge is 0.252 e. The van der Waals surface area contributed by atoms with Crippen molar-refractivity contribution in [3.8, 4) is 89.0 Å². The Labute approximate surface area is 681 Å². The van der Waals surface area contributed by atoms with Crippen molar-refractivity contribution in [2.75, 3.05) is 9.80 Å². The molecule has 1 aliphatic carbocycles. The van der Waals surface area contributed by atoms with E-state index in [9.17, 15) is 6.85 Å². The fourth-order valence-electron chi connectivity index (χ4n) is 18.5. The average Bonchev–Trinajstić information content (AvgIpc) is 1.65. The largest absolute Gasteiger partial charge is 0.310 e. The van der Waals surface area contributed by atoms with E-state index < -0.39 is 30.3 Å². The molecule has 1 atom stereocenters. The van der Waals surface area contributed by atoms with Crippen LogP contribution >= 0.6 is 0 Å². The van der Waals surface area contributed by atoms with E-state index in [-0.39, 0.29) is 39.3 Å². The molecule has 3 heteroatoms. The quantitative estimate of drug-likeness (QED) is 0.119. The van der Waals surface area contributed by atoms with Gasteiger partial charge in [-0.3, -0.25) is 0 Å². The van der Waals surface area contributed by atoms with Gasteiger partial charge in [0.05, 0.1) is 23.6 Å². The zero-order valence-corrected chi connectivity index (χ0v) is 67.1. The van der Waals surface area contributed by atoms with E-state index in [2.05, 4.69) is 420 Å². The minimum Gasteiger partial charge on any atom is -0.310 e. The van der Waals surface area contributed by atoms with E-state index in [0.717, 1.165) is 145 Å². The van der Waals surface area contributed by atoms with Crippen LogP contribution in [0.25, 0.3) is 99.8 Å². The highest BCUT2D eigenvalue weighted by atomic mass is 15.2. The fourth-order valence-corrected chi connectivity index (χ4v) is 18.5. The summed E-state index contributed by atoms with van der Waals surface area (Å²) in [5.41, 5.74) is 31.6. The summed E-state index contributed by atoms with van der Waals surface area (Å²) in [6.07, 6.45) is 0. The maximum absolute atomic E-state index is 10.2. The molecule has 0 spiro atoms. The number of rotatable bonds is 11. The van der Waals surface area contributed by atoms with Gasteiger partial charge < -0.3 is 9.80 Å². The first-order valence-electron chi connectivity index (χ1n) is 42.8. The van der Waals surface area contributed by atoms with Crippen molar-refractivity contribution in [2.45, 2.75) is 110 Å². The molecule has 0 bridgehead atoms. The number of hydrogen-bond donors (Lipinski definition) is 0. The number of fused-ring (bicyclic) bond motifs is 8. The molecule has 0 aromatic heterocycles. The maximum Gasteiger partial charge on any atom is 0.252 e. The Morgan fingerprint density at radius 3 is 1.22 bits per heavy atom. The summed E-state index contributed by atoms with van der Waals surface area (Å²) in [6.45, 7) is 27.2. The summed E-state index contributed by atoms with van der Waals surface area (Å²) in [7, 11) is 0. The second-order valence-electron chi connectivity index (χ2n) is 35.6. The Balaban J connectivity index is 1.02. The van der Waals surface area contributed by atoms with Crippen molar-refractivity contribution in [3.63, 3.8) is 0 Å². The topological polar surface area (TPSA) is 6.48 Å². The molecule has 0 N–H and O–H groups in total. The Morgan fingerprint density at radius 1 is 0.263 bits per heavy atom. The maximum atomic E-state index is 10.2. The van der Waals surface area contributed by atoms with E-state index in [0.29, 0.717) is 5.56 Å². The highest BCUT2D eigenvalue weighted by molar-refractivity contribution is 7.00. The van der Waals surface area contributed by atoms with Gasteiger partial charge in [-0.05, 0) is 215 Å². The summed E-state index contributed by atoms with van der Waals surface area (Å²) < 4.78 is 49.0. The van der Waals surface area contributed by atoms with Crippen molar-refractivity contribution < 1.29 is 6.85 Å². The van der Waals surface area contributed by atoms with E-state index >= 15 is 0 Å². The molecule has 2 heterocycles. The second-order valence-corrected chi connectivity index (χ2v) is 35.6. The van der Waals surface area contributed by atoms with Gasteiger partial charge in [0.25, 0.3) is 6.71 Å². The summed E-state index contributed by atoms with van der Waals surface area (Å²) >= 11 is 0. The lowest BCUT2D eigenvalue weighted by Crippen LogP contribution is -2.61. The van der Waals surface area contributed by atoms with Gasteiger partial charge in [-0.1, -0.05) is 386 Å². The van der Waals surface area contributed by atoms with E-state index in [1.807, 2.05) is 0 Å². The van der Waals surface area contributed by atoms with Crippen molar-refractivity contribution in [3.05, 3.63) is 402 Å². The zero-order valence-electron chi connectivity index (χ0n) is 72.1. The van der Waals surface area contributed by atoms with Crippen LogP contribution in [0.2, 0.25) is 0 Å². The van der Waals surface area contributed by atoms with Crippen LogP contribution < -0.4 is 26.2 Å². The van der Waals surface area contributed by atoms with Crippen molar-refractivity contribution in [1.29, 1.82) is 0 Å². The first kappa shape index (κ1) is 66.1. The van der Waals surface area contributed by atoms with Crippen LogP contribution in [-0.4, -0.2) is 6.71 Å². The van der Waals surface area contributed by atoms with Gasteiger partial charge >= 0.3 is 0 Å². The number of benzene rings is 16. The lowest BCUT2D eigenvalue weighted by Gasteiger charge is -2.46. The molecule has 0 radical (unpaired) electrons. The van der Waals surface area contributed by atoms with Gasteiger partial charge in [-0.25, -0.2) is 0 Å². The summed E-state index contributed by atoms with van der Waals surface area (Å²) in [5.74, 6) is 0. The molecule has 0 amide bonds. The molecule has 2 aliphatic heterocycles. The predicted octanol–water partition coefficient (Wildman–Crippen LogP) is 28.1. The molecule has 0 fully saturated rings. The van der Waals surface area contributed by atoms with Crippen LogP contribution in [0.3, 0.4) is 0 Å². The Hall–Kier alpha value is -12.6. The van der Waals surface area contributed by atoms with Gasteiger partial charge in [-0.15, -0.1) is 0 Å². The molecule has 3 aliphatic rings. The molecule has 16 aromatic rings. The Bertz CT molecular complexity index is 6590. The van der Waals surface area contributed by atoms with Crippen LogP contribution in [0.1, 0.15) is 134 Å². The van der Waals surface area contributed by atoms with Crippen LogP contribution in [0.5, 0.6) is 0 Å². The molecule has 1 unspecified atom stereocenters. The zero-order chi connectivity index (χ0) is 82.5. The molecular weight excluding hydrogens is 1370 g/mol. The SMILES string of the molecule is [2H]c1c([2H])c([2H])c(-c2cc3c4c(c2)N(c2c(-c5ccccc5)cc(C(C)(C)C)cc2-c2ccccc2)c2cc(-c5cccc6c5C(c5ccccc5)(c5ccc7ccccc7c5)c5ccccc5-6)ccc2B4c2cc(-c4cc(C(C)(C)C)cc(C(C)(C)C)c4)ccc2N3c2c(-c3ccccc3)cc(C(C)(C)C)cc2-c2ccccc2)c([2H])c1[2H]. The summed E-state index contributed by atoms with van der Waals surface area (Å²) in [5, 5.41) is 2.34. The first-order chi connectivity index (χ1) is 57.1. The van der Waals surface area contributed by atoms with Gasteiger partial charge in [0.1, 0.15) is 0 Å². The second kappa shape index (κ2) is 27.4. The number of anilines is 6. The Kier molecular flexibility index (Phi) is 15.9. The number of nitrogens with zero attached hydrogens (tertiary/aromatic N) is 2. The molecule has 0 saturated heterocycles. The molecule has 2 nitrogen and oxygen atoms in total. The minimum absolute atomic E-state index is 0.107. The van der Waals surface area contributed by atoms with E-state index in [1.54, 1.807) is 0 Å². The van der Waals surface area contributed by atoms with Crippen LogP contribution in [0.4, 0.5) is 34.1 Å². The predicted molar refractivity (Wildman–Crippen MR) is 488 cm³/mol. The lowest BCUT2D eigenvalue weighted by molar-refractivity contribution is 0.569. The average molecular weight is 1470 g/mol. The Morgan fingerprint density at radius 2 is 0.693 bits per heavy atom. The van der Waals surface area contributed by atoms with E-state index in [1.165, 1.54) is 38.8 Å². The molecular formula is C111H95BN2. The van der Waals surface area contributed by atoms with Crippen molar-refractivity contribution >= 4 is 68.0 Å². The standard InChI is InChI=1S/C111H95BN2/c1-107(2,3)85-61-81(62-86(67-85)108(4,5)6)79-56-59-99-98(63-79)112-97-58-55-80(89-51-35-52-91-90-50-33-34-53-96(90)111(103(89)91,83-48-29-18-30-49-83)84-57-54-73-38-31-32-47-78(73)60-84)64-100(97)114(106-94(76-43-25-16-26-44-76)70-88(110(10,11)12)71-95(106)77-45-27-17-28-46-77)102-66-82(72-36-19-13-20-37-72)65-101(104(102)112)113(99)105-92(74-39-21-14-22-40-74)68-87(109(7,8)9)69-93(105)75-41-23-15-24-42-75/h13-71H,1-12H3/i13D,19D,20D,36D,37D. The van der Waals surface area contributed by atoms with Crippen molar-refractivity contribution in [1.82, 2.24) is 0 Å². The highest BCUT2D eigenvalue weighted by Gasteiger charge is 2.50. The molecule has 552 valence electrons. The van der Waals surface area contributed by atoms with E-state index in [4.69, 9.17) is 0 Å². The third-order valence-corrected chi connectivity index (χ3v) is 24.4. The van der Waals surface area contributed by atoms with Crippen LogP contribution in [0.15, 0.2) is 358 Å². The third kappa shape index (κ3) is 12.1. The van der Waals surface area contributed by atoms with Crippen molar-refractivity contribution in [2.24, 2.45) is 0 Å². The molecule has 114 heavy (non-hydrogen) atoms. The minimum atomic E-state index is -0.810. The molecule has 16 aromatic carbocycles. The van der Waals surface area contributed by atoms with Gasteiger partial charge in [0.15, 0.2) is 0 Å². The van der Waals surface area contributed by atoms with Gasteiger partial charge in [0, 0.05) is 45.0 Å². The third-order valence-electron chi connectivity index (χ3n) is 24.4. The number of hydrogen-bond acceptors (Lipinski definition) is 2. The molecule has 19 rings (SSSR count). The lowest BCUT2D eigenvalue weighted by atomic mass is 9.33. The van der Waals surface area contributed by atoms with Gasteiger partial charge in [0.2, 0.25) is 0 Å². The monoisotopic (exact) mass is 1470 g/mol. The first-order valence-corrected chi connectivity index (χ1v) is 40.3. The summed E-state index contributed by atoms with van der Waals surface area (Å²) in [6, 6.07) is 120. The van der Waals surface area contributed by atoms with Gasteiger partial charge in [-0.2, -0.15) is 0 Å². The highest BCUT2D eigenvalue weighted by Crippen LogP contribution is 2.61.